The molecule has 0 unspecified atom stereocenters. The van der Waals surface area contributed by atoms with Gasteiger partial charge in [-0.15, -0.1) is 11.3 Å². The summed E-state index contributed by atoms with van der Waals surface area (Å²) in [5.74, 6) is 0. The van der Waals surface area contributed by atoms with E-state index in [1.165, 1.54) is 12.1 Å². The lowest BCUT2D eigenvalue weighted by atomic mass is 9.97. The largest absolute Gasteiger partial charge is 0.251 e. The Balaban J connectivity index is 3.06. The lowest BCUT2D eigenvalue weighted by Crippen LogP contribution is -2.46. The Morgan fingerprint density at radius 2 is 2.06 bits per heavy atom. The molecule has 1 aromatic rings. The molecule has 0 aliphatic rings. The van der Waals surface area contributed by atoms with Crippen molar-refractivity contribution in [2.45, 2.75) is 36.4 Å². The van der Waals surface area contributed by atoms with Crippen LogP contribution in [0.3, 0.4) is 0 Å². The van der Waals surface area contributed by atoms with Gasteiger partial charge in [-0.2, -0.15) is 9.98 Å². The number of thiophene rings is 1. The summed E-state index contributed by atoms with van der Waals surface area (Å²) in [4.78, 5) is 0. The van der Waals surface area contributed by atoms with Gasteiger partial charge < -0.3 is 0 Å². The summed E-state index contributed by atoms with van der Waals surface area (Å²) in [7, 11) is -3.67. The minimum Gasteiger partial charge on any atom is -0.206 e. The number of rotatable bonds is 5. The molecule has 1 heterocycles. The van der Waals surface area contributed by atoms with E-state index in [9.17, 15) is 8.42 Å². The molecule has 94 valence electrons. The van der Waals surface area contributed by atoms with Crippen LogP contribution >= 0.6 is 22.9 Å². The van der Waals surface area contributed by atoms with Crippen LogP contribution in [0.4, 0.5) is 0 Å². The maximum Gasteiger partial charge on any atom is 0.251 e. The summed E-state index contributed by atoms with van der Waals surface area (Å²) < 4.78 is 27.0. The topological polar surface area (TPSA) is 70.0 Å². The van der Waals surface area contributed by atoms with E-state index in [1.807, 2.05) is 6.07 Å². The first-order chi connectivity index (χ1) is 7.89. The smallest absolute Gasteiger partial charge is 0.206 e. The Bertz CT molecular complexity index is 527. The highest BCUT2D eigenvalue weighted by Crippen LogP contribution is 2.27. The van der Waals surface area contributed by atoms with Gasteiger partial charge in [0.15, 0.2) is 0 Å². The van der Waals surface area contributed by atoms with Crippen molar-refractivity contribution in [1.82, 2.24) is 4.72 Å². The van der Waals surface area contributed by atoms with Gasteiger partial charge in [0.25, 0.3) is 10.0 Å². The molecule has 4 nitrogen and oxygen atoms in total. The Morgan fingerprint density at radius 3 is 2.41 bits per heavy atom. The molecule has 0 amide bonds. The lowest BCUT2D eigenvalue weighted by Gasteiger charge is -2.23. The van der Waals surface area contributed by atoms with Gasteiger partial charge in [-0.05, 0) is 25.0 Å². The fourth-order valence-corrected chi connectivity index (χ4v) is 4.27. The van der Waals surface area contributed by atoms with E-state index in [0.717, 1.165) is 11.3 Å². The molecule has 0 aromatic carbocycles. The Morgan fingerprint density at radius 1 is 1.47 bits per heavy atom. The first-order valence-corrected chi connectivity index (χ1v) is 7.77. The molecule has 7 heteroatoms. The van der Waals surface area contributed by atoms with Crippen molar-refractivity contribution >= 4 is 33.0 Å². The molecule has 0 radical (unpaired) electrons. The van der Waals surface area contributed by atoms with Crippen molar-refractivity contribution in [2.75, 3.05) is 0 Å². The highest BCUT2D eigenvalue weighted by molar-refractivity contribution is 7.91. The second-order valence-corrected chi connectivity index (χ2v) is 7.19. The molecule has 0 saturated heterocycles. The number of sulfonamides is 1. The molecule has 0 saturated carbocycles. The van der Waals surface area contributed by atoms with Crippen molar-refractivity contribution in [3.8, 4) is 6.07 Å². The van der Waals surface area contributed by atoms with E-state index in [4.69, 9.17) is 16.9 Å². The maximum absolute atomic E-state index is 12.0. The zero-order chi connectivity index (χ0) is 13.1. The van der Waals surface area contributed by atoms with Crippen LogP contribution in [0.2, 0.25) is 4.34 Å². The molecule has 0 bridgehead atoms. The van der Waals surface area contributed by atoms with Gasteiger partial charge >= 0.3 is 0 Å². The Hall–Kier alpha value is -0.610. The third-order valence-electron chi connectivity index (χ3n) is 2.56. The number of hydrogen-bond donors (Lipinski definition) is 1. The summed E-state index contributed by atoms with van der Waals surface area (Å²) in [6.45, 7) is 3.55. The van der Waals surface area contributed by atoms with Crippen LogP contribution < -0.4 is 4.72 Å². The SMILES string of the molecule is CCC(C#N)(CC)NS(=O)(=O)c1ccc(Cl)s1. The van der Waals surface area contributed by atoms with Crippen LogP contribution in [0.1, 0.15) is 26.7 Å². The number of nitrogens with one attached hydrogen (secondary N) is 1. The van der Waals surface area contributed by atoms with Crippen LogP contribution in [0, 0.1) is 11.3 Å². The standard InChI is InChI=1S/C10H13ClN2O2S2/c1-3-10(4-2,7-12)13-17(14,15)9-6-5-8(11)16-9/h5-6,13H,3-4H2,1-2H3. The molecular weight excluding hydrogens is 280 g/mol. The van der Waals surface area contributed by atoms with Gasteiger partial charge in [-0.25, -0.2) is 8.42 Å². The predicted molar refractivity (Wildman–Crippen MR) is 68.6 cm³/mol. The first kappa shape index (κ1) is 14.5. The quantitative estimate of drug-likeness (QED) is 0.907. The average Bonchev–Trinajstić information content (AvgIpc) is 2.74. The van der Waals surface area contributed by atoms with Crippen molar-refractivity contribution in [2.24, 2.45) is 0 Å². The summed E-state index contributed by atoms with van der Waals surface area (Å²) in [5, 5.41) is 9.09. The average molecular weight is 293 g/mol. The number of hydrogen-bond acceptors (Lipinski definition) is 4. The van der Waals surface area contributed by atoms with E-state index in [1.54, 1.807) is 13.8 Å². The predicted octanol–water partition coefficient (Wildman–Crippen LogP) is 2.76. The second-order valence-electron chi connectivity index (χ2n) is 3.57. The van der Waals surface area contributed by atoms with Gasteiger partial charge in [0, 0.05) is 0 Å². The van der Waals surface area contributed by atoms with Crippen LogP contribution in [-0.2, 0) is 10.0 Å². The van der Waals surface area contributed by atoms with Gasteiger partial charge in [-0.3, -0.25) is 0 Å². The number of nitriles is 1. The highest BCUT2D eigenvalue weighted by atomic mass is 35.5. The fraction of sp³-hybridized carbons (Fsp3) is 0.500. The summed E-state index contributed by atoms with van der Waals surface area (Å²) in [6, 6.07) is 4.98. The molecule has 0 atom stereocenters. The van der Waals surface area contributed by atoms with E-state index in [0.29, 0.717) is 17.2 Å². The summed E-state index contributed by atoms with van der Waals surface area (Å²) in [6.07, 6.45) is 0.830. The second kappa shape index (κ2) is 5.36. The number of halogens is 1. The van der Waals surface area contributed by atoms with Gasteiger partial charge in [0.05, 0.1) is 10.4 Å². The molecular formula is C10H13ClN2O2S2. The Labute approximate surface area is 110 Å². The summed E-state index contributed by atoms with van der Waals surface area (Å²) >= 11 is 6.67. The van der Waals surface area contributed by atoms with E-state index >= 15 is 0 Å². The van der Waals surface area contributed by atoms with Crippen molar-refractivity contribution in [1.29, 1.82) is 5.26 Å². The summed E-state index contributed by atoms with van der Waals surface area (Å²) in [5.41, 5.74) is -1.05. The Kier molecular flexibility index (Phi) is 4.55. The van der Waals surface area contributed by atoms with E-state index in [2.05, 4.69) is 4.72 Å². The van der Waals surface area contributed by atoms with Crippen molar-refractivity contribution in [3.05, 3.63) is 16.5 Å². The van der Waals surface area contributed by atoms with E-state index in [-0.39, 0.29) is 4.21 Å². The third-order valence-corrected chi connectivity index (χ3v) is 5.82. The van der Waals surface area contributed by atoms with Gasteiger partial charge in [-0.1, -0.05) is 25.4 Å². The molecule has 0 spiro atoms. The van der Waals surface area contributed by atoms with Crippen LogP contribution in [-0.4, -0.2) is 14.0 Å². The molecule has 0 aliphatic carbocycles. The van der Waals surface area contributed by atoms with Crippen LogP contribution in [0.15, 0.2) is 16.3 Å². The lowest BCUT2D eigenvalue weighted by molar-refractivity contribution is 0.447. The van der Waals surface area contributed by atoms with E-state index < -0.39 is 15.6 Å². The van der Waals surface area contributed by atoms with Crippen molar-refractivity contribution in [3.63, 3.8) is 0 Å². The minimum absolute atomic E-state index is 0.129. The monoisotopic (exact) mass is 292 g/mol. The maximum atomic E-state index is 12.0. The molecule has 1 N–H and O–H groups in total. The van der Waals surface area contributed by atoms with Gasteiger partial charge in [0.2, 0.25) is 0 Å². The normalized spacial score (nSPS) is 12.4. The molecule has 17 heavy (non-hydrogen) atoms. The van der Waals surface area contributed by atoms with Crippen molar-refractivity contribution < 1.29 is 8.42 Å². The minimum atomic E-state index is -3.67. The number of nitrogens with zero attached hydrogens (tertiary/aromatic N) is 1. The third kappa shape index (κ3) is 3.19. The highest BCUT2D eigenvalue weighted by Gasteiger charge is 2.32. The first-order valence-electron chi connectivity index (χ1n) is 5.09. The molecule has 1 aromatic heterocycles. The zero-order valence-corrected chi connectivity index (χ0v) is 11.9. The van der Waals surface area contributed by atoms with Crippen LogP contribution in [0.5, 0.6) is 0 Å². The fourth-order valence-electron chi connectivity index (χ4n) is 1.32. The van der Waals surface area contributed by atoms with Gasteiger partial charge in [0.1, 0.15) is 9.75 Å². The molecule has 0 fully saturated rings. The molecule has 0 aliphatic heterocycles. The van der Waals surface area contributed by atoms with Crippen LogP contribution in [0.25, 0.3) is 0 Å². The zero-order valence-electron chi connectivity index (χ0n) is 9.53. The molecule has 1 rings (SSSR count).